The number of piperidine rings is 1. The van der Waals surface area contributed by atoms with Crippen LogP contribution in [0.1, 0.15) is 60.0 Å². The molecule has 5 atom stereocenters. The fraction of sp³-hybridized carbons (Fsp3) is 0.536. The number of phenolic OH excluding ortho intramolecular Hbond substituents is 1. The molecule has 0 aromatic heterocycles. The molecular weight excluding hydrogens is 555 g/mol. The van der Waals surface area contributed by atoms with E-state index in [2.05, 4.69) is 32.8 Å². The lowest BCUT2D eigenvalue weighted by Crippen LogP contribution is -2.78. The molecule has 2 aromatic carbocycles. The number of carbonyl (C=O) groups is 1. The average Bonchev–Trinajstić information content (AvgIpc) is 3.16. The highest BCUT2D eigenvalue weighted by atomic mass is 127. The summed E-state index contributed by atoms with van der Waals surface area (Å²) in [6.07, 6.45) is 6.32. The van der Waals surface area contributed by atoms with Crippen molar-refractivity contribution in [1.29, 1.82) is 0 Å². The van der Waals surface area contributed by atoms with Crippen LogP contribution in [0, 0.1) is 9.49 Å². The molecule has 184 valence electrons. The second-order valence-electron chi connectivity index (χ2n) is 11.3. The van der Waals surface area contributed by atoms with Gasteiger partial charge in [0.15, 0.2) is 11.5 Å². The van der Waals surface area contributed by atoms with Crippen LogP contribution >= 0.6 is 22.6 Å². The molecule has 1 spiro atoms. The summed E-state index contributed by atoms with van der Waals surface area (Å²) in [7, 11) is 0. The predicted octanol–water partition coefficient (Wildman–Crippen LogP) is 3.75. The number of amides is 1. The number of nitrogens with zero attached hydrogens (tertiary/aromatic N) is 1. The first-order valence-electron chi connectivity index (χ1n) is 13.0. The van der Waals surface area contributed by atoms with E-state index < -0.39 is 17.1 Å². The Kier molecular flexibility index (Phi) is 5.00. The van der Waals surface area contributed by atoms with Gasteiger partial charge >= 0.3 is 0 Å². The van der Waals surface area contributed by atoms with Crippen LogP contribution in [-0.2, 0) is 11.8 Å². The van der Waals surface area contributed by atoms with Gasteiger partial charge in [-0.3, -0.25) is 9.69 Å². The van der Waals surface area contributed by atoms with E-state index in [0.717, 1.165) is 41.0 Å². The molecule has 3 aliphatic carbocycles. The largest absolute Gasteiger partial charge is 0.504 e. The number of rotatable bonds is 4. The van der Waals surface area contributed by atoms with Gasteiger partial charge in [0, 0.05) is 27.3 Å². The lowest BCUT2D eigenvalue weighted by molar-refractivity contribution is -0.193. The molecule has 3 fully saturated rings. The fourth-order valence-electron chi connectivity index (χ4n) is 7.89. The molecule has 1 saturated heterocycles. The number of likely N-dealkylation sites (tertiary alicyclic amines) is 1. The Morgan fingerprint density at radius 3 is 2.83 bits per heavy atom. The van der Waals surface area contributed by atoms with Gasteiger partial charge in [-0.15, -0.1) is 0 Å². The lowest BCUT2D eigenvalue weighted by atomic mass is 9.48. The average molecular weight is 586 g/mol. The number of hydrogen-bond acceptors (Lipinski definition) is 5. The van der Waals surface area contributed by atoms with Crippen molar-refractivity contribution in [3.05, 3.63) is 56.7 Å². The number of aliphatic hydroxyl groups is 1. The highest BCUT2D eigenvalue weighted by molar-refractivity contribution is 14.1. The summed E-state index contributed by atoms with van der Waals surface area (Å²) in [6, 6.07) is 11.1. The van der Waals surface area contributed by atoms with Crippen molar-refractivity contribution in [3.8, 4) is 11.5 Å². The Labute approximate surface area is 219 Å². The molecule has 2 aromatic rings. The van der Waals surface area contributed by atoms with Crippen molar-refractivity contribution in [2.75, 3.05) is 13.1 Å². The Balaban J connectivity index is 1.28. The minimum atomic E-state index is -0.935. The highest BCUT2D eigenvalue weighted by Crippen LogP contribution is 2.65. The number of hydrogen-bond donors (Lipinski definition) is 3. The summed E-state index contributed by atoms with van der Waals surface area (Å²) in [5, 5.41) is 26.6. The molecule has 2 heterocycles. The summed E-state index contributed by atoms with van der Waals surface area (Å²) in [4.78, 5) is 15.8. The van der Waals surface area contributed by atoms with Gasteiger partial charge in [0.25, 0.3) is 5.91 Å². The number of benzene rings is 2. The van der Waals surface area contributed by atoms with E-state index in [1.807, 2.05) is 30.3 Å². The lowest BCUT2D eigenvalue weighted by Gasteiger charge is -2.64. The van der Waals surface area contributed by atoms with Gasteiger partial charge in [0.05, 0.1) is 17.1 Å². The Morgan fingerprint density at radius 2 is 2.06 bits per heavy atom. The van der Waals surface area contributed by atoms with Crippen LogP contribution in [0.25, 0.3) is 0 Å². The molecule has 5 aliphatic rings. The minimum absolute atomic E-state index is 0.0401. The summed E-state index contributed by atoms with van der Waals surface area (Å²) in [5.74, 6) is 1.28. The monoisotopic (exact) mass is 586 g/mol. The van der Waals surface area contributed by atoms with Crippen LogP contribution in [-0.4, -0.2) is 57.9 Å². The molecule has 7 heteroatoms. The first kappa shape index (κ1) is 22.4. The number of aromatic hydroxyl groups is 1. The van der Waals surface area contributed by atoms with Gasteiger partial charge in [-0.05, 0) is 103 Å². The predicted molar refractivity (Wildman–Crippen MR) is 140 cm³/mol. The van der Waals surface area contributed by atoms with Crippen molar-refractivity contribution >= 4 is 28.5 Å². The van der Waals surface area contributed by atoms with Crippen molar-refractivity contribution < 1.29 is 19.7 Å². The molecule has 1 amide bonds. The Morgan fingerprint density at radius 1 is 1.20 bits per heavy atom. The molecule has 2 aliphatic heterocycles. The number of ether oxygens (including phenoxy) is 1. The topological polar surface area (TPSA) is 82.0 Å². The minimum Gasteiger partial charge on any atom is -0.504 e. The van der Waals surface area contributed by atoms with Crippen molar-refractivity contribution in [2.24, 2.45) is 5.92 Å². The van der Waals surface area contributed by atoms with Crippen LogP contribution in [0.2, 0.25) is 0 Å². The maximum atomic E-state index is 13.2. The number of carbonyl (C=O) groups excluding carboxylic acids is 1. The molecule has 7 rings (SSSR count). The quantitative estimate of drug-likeness (QED) is 0.476. The van der Waals surface area contributed by atoms with Gasteiger partial charge < -0.3 is 20.3 Å². The molecule has 3 N–H and O–H groups in total. The Hall–Kier alpha value is -1.84. The van der Waals surface area contributed by atoms with Gasteiger partial charge in [-0.1, -0.05) is 18.6 Å². The molecule has 2 unspecified atom stereocenters. The molecule has 2 bridgehead atoms. The van der Waals surface area contributed by atoms with Crippen LogP contribution in [0.3, 0.4) is 0 Å². The fourth-order valence-corrected chi connectivity index (χ4v) is 8.43. The zero-order chi connectivity index (χ0) is 23.9. The smallest absolute Gasteiger partial charge is 0.251 e. The number of halogens is 1. The van der Waals surface area contributed by atoms with Crippen LogP contribution in [0.5, 0.6) is 11.5 Å². The maximum Gasteiger partial charge on any atom is 0.251 e. The van der Waals surface area contributed by atoms with Gasteiger partial charge in [-0.25, -0.2) is 0 Å². The SMILES string of the molecule is O=C(NC1CC[C@@]2(O)[C@H]3Cc4ccc(O)c5c4[C@@]2(CCN3CC2CCC2)C1O5)c1cccc(I)c1. The summed E-state index contributed by atoms with van der Waals surface area (Å²) in [5.41, 5.74) is 1.26. The number of phenols is 1. The van der Waals surface area contributed by atoms with E-state index in [4.69, 9.17) is 4.74 Å². The van der Waals surface area contributed by atoms with E-state index in [-0.39, 0.29) is 23.7 Å². The third-order valence-electron chi connectivity index (χ3n) is 9.69. The molecule has 0 radical (unpaired) electrons. The van der Waals surface area contributed by atoms with Crippen molar-refractivity contribution in [2.45, 2.75) is 74.1 Å². The maximum absolute atomic E-state index is 13.2. The van der Waals surface area contributed by atoms with Gasteiger partial charge in [0.1, 0.15) is 6.10 Å². The van der Waals surface area contributed by atoms with E-state index in [0.29, 0.717) is 24.2 Å². The third-order valence-corrected chi connectivity index (χ3v) is 10.4. The van der Waals surface area contributed by atoms with Crippen LogP contribution in [0.15, 0.2) is 36.4 Å². The van der Waals surface area contributed by atoms with E-state index in [9.17, 15) is 15.0 Å². The second-order valence-corrected chi connectivity index (χ2v) is 12.5. The first-order chi connectivity index (χ1) is 16.9. The Bertz CT molecular complexity index is 1220. The molecular formula is C28H31IN2O4. The van der Waals surface area contributed by atoms with Gasteiger partial charge in [-0.2, -0.15) is 0 Å². The van der Waals surface area contributed by atoms with Crippen LogP contribution in [0.4, 0.5) is 0 Å². The molecule has 35 heavy (non-hydrogen) atoms. The molecule has 6 nitrogen and oxygen atoms in total. The molecule has 2 saturated carbocycles. The zero-order valence-electron chi connectivity index (χ0n) is 19.7. The zero-order valence-corrected chi connectivity index (χ0v) is 21.8. The van der Waals surface area contributed by atoms with E-state index in [1.165, 1.54) is 24.8 Å². The summed E-state index contributed by atoms with van der Waals surface area (Å²) < 4.78 is 7.57. The third kappa shape index (κ3) is 3.04. The normalized spacial score (nSPS) is 35.1. The van der Waals surface area contributed by atoms with Gasteiger partial charge in [0.2, 0.25) is 0 Å². The van der Waals surface area contributed by atoms with Crippen LogP contribution < -0.4 is 10.1 Å². The standard InChI is InChI=1S/C28H31IN2O4/c29-19-6-2-5-18(13-19)26(33)30-20-9-10-28(34)22-14-17-7-8-21(32)24-23(17)27(28,25(20)35-24)11-12-31(22)15-16-3-1-4-16/h2,5-8,13,16,20,22,25,32,34H,1,3-4,9-12,14-15H2,(H,30,33)/t20?,22-,25?,27+,28-/m1/s1. The summed E-state index contributed by atoms with van der Waals surface area (Å²) in [6.45, 7) is 1.97. The summed E-state index contributed by atoms with van der Waals surface area (Å²) >= 11 is 2.22. The van der Waals surface area contributed by atoms with E-state index >= 15 is 0 Å². The van der Waals surface area contributed by atoms with E-state index in [1.54, 1.807) is 6.07 Å². The first-order valence-corrected chi connectivity index (χ1v) is 14.0. The van der Waals surface area contributed by atoms with Crippen molar-refractivity contribution in [1.82, 2.24) is 10.2 Å². The number of nitrogens with one attached hydrogen (secondary N) is 1. The second kappa shape index (κ2) is 7.83. The highest BCUT2D eigenvalue weighted by Gasteiger charge is 2.73. The van der Waals surface area contributed by atoms with Crippen molar-refractivity contribution in [3.63, 3.8) is 0 Å².